The van der Waals surface area contributed by atoms with Crippen molar-refractivity contribution in [1.82, 2.24) is 5.32 Å². The first-order valence-electron chi connectivity index (χ1n) is 5.91. The number of hydrogen-bond donors (Lipinski definition) is 2. The molecule has 0 aliphatic heterocycles. The Balaban J connectivity index is 2.57. The van der Waals surface area contributed by atoms with E-state index in [-0.39, 0.29) is 24.9 Å². The molecule has 0 radical (unpaired) electrons. The van der Waals surface area contributed by atoms with Gasteiger partial charge in [-0.3, -0.25) is 9.59 Å². The Morgan fingerprint density at radius 1 is 1.53 bits per heavy atom. The predicted molar refractivity (Wildman–Crippen MR) is 62.6 cm³/mol. The number of amides is 1. The Kier molecular flexibility index (Phi) is 4.51. The average Bonchev–Trinajstić information content (AvgIpc) is 2.97. The molecule has 1 aliphatic carbocycles. The lowest BCUT2D eigenvalue weighted by molar-refractivity contribution is -0.140. The van der Waals surface area contributed by atoms with Gasteiger partial charge in [0.25, 0.3) is 0 Å². The molecule has 0 aromatic carbocycles. The van der Waals surface area contributed by atoms with Crippen molar-refractivity contribution in [2.24, 2.45) is 11.8 Å². The molecule has 1 saturated carbocycles. The number of carboxylic acids is 1. The van der Waals surface area contributed by atoms with Crippen LogP contribution in [0, 0.1) is 11.8 Å². The molecule has 5 heteroatoms. The van der Waals surface area contributed by atoms with Gasteiger partial charge in [-0.2, -0.15) is 0 Å². The number of aliphatic carboxylic acids is 1. The van der Waals surface area contributed by atoms with E-state index in [9.17, 15) is 9.59 Å². The number of hydrogen-bond acceptors (Lipinski definition) is 3. The summed E-state index contributed by atoms with van der Waals surface area (Å²) in [5.41, 5.74) is -0.833. The van der Waals surface area contributed by atoms with Gasteiger partial charge in [0.05, 0.1) is 18.6 Å². The van der Waals surface area contributed by atoms with Crippen LogP contribution >= 0.6 is 0 Å². The molecule has 2 unspecified atom stereocenters. The molecule has 0 bridgehead atoms. The number of methoxy groups -OCH3 is 1. The predicted octanol–water partition coefficient (Wildman–Crippen LogP) is 1.03. The van der Waals surface area contributed by atoms with Crippen LogP contribution in [0.1, 0.15) is 33.1 Å². The topological polar surface area (TPSA) is 75.6 Å². The summed E-state index contributed by atoms with van der Waals surface area (Å²) < 4.78 is 4.99. The molecular formula is C12H21NO4. The van der Waals surface area contributed by atoms with Crippen molar-refractivity contribution in [2.45, 2.75) is 38.6 Å². The minimum absolute atomic E-state index is 0.0417. The minimum atomic E-state index is -0.941. The van der Waals surface area contributed by atoms with Crippen LogP contribution in [0.15, 0.2) is 0 Å². The van der Waals surface area contributed by atoms with Crippen molar-refractivity contribution >= 4 is 11.9 Å². The SMILES string of the molecule is COCC(C)(CC(=O)O)NC(=O)C(C)C1CC1. The van der Waals surface area contributed by atoms with Crippen molar-refractivity contribution < 1.29 is 19.4 Å². The molecular weight excluding hydrogens is 222 g/mol. The van der Waals surface area contributed by atoms with Crippen molar-refractivity contribution in [2.75, 3.05) is 13.7 Å². The molecule has 98 valence electrons. The Bertz CT molecular complexity index is 301. The van der Waals surface area contributed by atoms with Gasteiger partial charge in [0, 0.05) is 13.0 Å². The van der Waals surface area contributed by atoms with Crippen molar-refractivity contribution in [3.8, 4) is 0 Å². The lowest BCUT2D eigenvalue weighted by Crippen LogP contribution is -2.52. The molecule has 0 saturated heterocycles. The van der Waals surface area contributed by atoms with E-state index >= 15 is 0 Å². The highest BCUT2D eigenvalue weighted by molar-refractivity contribution is 5.80. The average molecular weight is 243 g/mol. The highest BCUT2D eigenvalue weighted by Gasteiger charge is 2.36. The Morgan fingerprint density at radius 2 is 2.12 bits per heavy atom. The van der Waals surface area contributed by atoms with Crippen LogP contribution < -0.4 is 5.32 Å². The molecule has 0 spiro atoms. The summed E-state index contributed by atoms with van der Waals surface area (Å²) in [4.78, 5) is 22.7. The van der Waals surface area contributed by atoms with Crippen LogP contribution in [0.5, 0.6) is 0 Å². The lowest BCUT2D eigenvalue weighted by atomic mass is 9.96. The van der Waals surface area contributed by atoms with E-state index in [1.165, 1.54) is 7.11 Å². The first-order chi connectivity index (χ1) is 7.88. The second kappa shape index (κ2) is 5.49. The Labute approximate surface area is 102 Å². The van der Waals surface area contributed by atoms with Gasteiger partial charge in [-0.1, -0.05) is 6.92 Å². The molecule has 5 nitrogen and oxygen atoms in total. The fraction of sp³-hybridized carbons (Fsp3) is 0.833. The number of ether oxygens (including phenoxy) is 1. The highest BCUT2D eigenvalue weighted by atomic mass is 16.5. The van der Waals surface area contributed by atoms with Gasteiger partial charge < -0.3 is 15.2 Å². The van der Waals surface area contributed by atoms with Gasteiger partial charge in [-0.25, -0.2) is 0 Å². The monoisotopic (exact) mass is 243 g/mol. The molecule has 1 aliphatic rings. The fourth-order valence-corrected chi connectivity index (χ4v) is 2.01. The van der Waals surface area contributed by atoms with Gasteiger partial charge in [0.1, 0.15) is 0 Å². The highest BCUT2D eigenvalue weighted by Crippen LogP contribution is 2.36. The van der Waals surface area contributed by atoms with Crippen molar-refractivity contribution in [3.63, 3.8) is 0 Å². The maximum absolute atomic E-state index is 11.9. The summed E-state index contributed by atoms with van der Waals surface area (Å²) in [6.45, 7) is 3.78. The summed E-state index contributed by atoms with van der Waals surface area (Å²) in [6.07, 6.45) is 2.05. The molecule has 0 aromatic rings. The minimum Gasteiger partial charge on any atom is -0.481 e. The van der Waals surface area contributed by atoms with E-state index in [1.807, 2.05) is 6.92 Å². The summed E-state index contributed by atoms with van der Waals surface area (Å²) in [7, 11) is 1.50. The molecule has 1 amide bonds. The molecule has 0 aromatic heterocycles. The lowest BCUT2D eigenvalue weighted by Gasteiger charge is -2.29. The Morgan fingerprint density at radius 3 is 2.53 bits per heavy atom. The zero-order chi connectivity index (χ0) is 13.1. The number of carbonyl (C=O) groups is 2. The third kappa shape index (κ3) is 4.34. The number of rotatable bonds is 7. The van der Waals surface area contributed by atoms with Crippen molar-refractivity contribution in [1.29, 1.82) is 0 Å². The van der Waals surface area contributed by atoms with Crippen LogP contribution in [0.4, 0.5) is 0 Å². The first kappa shape index (κ1) is 14.0. The van der Waals surface area contributed by atoms with Gasteiger partial charge >= 0.3 is 5.97 Å². The normalized spacial score (nSPS) is 20.4. The second-order valence-corrected chi connectivity index (χ2v) is 5.18. The number of carboxylic acid groups (broad SMARTS) is 1. The third-order valence-corrected chi connectivity index (χ3v) is 3.17. The summed E-state index contributed by atoms with van der Waals surface area (Å²) in [6, 6.07) is 0. The van der Waals surface area contributed by atoms with Crippen LogP contribution in [0.2, 0.25) is 0 Å². The van der Waals surface area contributed by atoms with E-state index in [4.69, 9.17) is 9.84 Å². The molecule has 1 fully saturated rings. The third-order valence-electron chi connectivity index (χ3n) is 3.17. The summed E-state index contributed by atoms with van der Waals surface area (Å²) in [5, 5.41) is 11.6. The van der Waals surface area contributed by atoms with Crippen molar-refractivity contribution in [3.05, 3.63) is 0 Å². The fourth-order valence-electron chi connectivity index (χ4n) is 2.01. The second-order valence-electron chi connectivity index (χ2n) is 5.18. The van der Waals surface area contributed by atoms with Crippen LogP contribution in [-0.2, 0) is 14.3 Å². The summed E-state index contributed by atoms with van der Waals surface area (Å²) in [5.74, 6) is -0.594. The Hall–Kier alpha value is -1.10. The smallest absolute Gasteiger partial charge is 0.305 e. The summed E-state index contributed by atoms with van der Waals surface area (Å²) >= 11 is 0. The van der Waals surface area contributed by atoms with E-state index < -0.39 is 11.5 Å². The maximum Gasteiger partial charge on any atom is 0.305 e. The standard InChI is InChI=1S/C12H21NO4/c1-8(9-4-5-9)11(16)13-12(2,7-17-3)6-10(14)15/h8-9H,4-7H2,1-3H3,(H,13,16)(H,14,15). The zero-order valence-corrected chi connectivity index (χ0v) is 10.7. The number of nitrogens with one attached hydrogen (secondary N) is 1. The zero-order valence-electron chi connectivity index (χ0n) is 10.7. The van der Waals surface area contributed by atoms with Gasteiger partial charge in [-0.05, 0) is 25.7 Å². The van der Waals surface area contributed by atoms with E-state index in [1.54, 1.807) is 6.92 Å². The van der Waals surface area contributed by atoms with Gasteiger partial charge in [0.2, 0.25) is 5.91 Å². The quantitative estimate of drug-likeness (QED) is 0.700. The largest absolute Gasteiger partial charge is 0.481 e. The van der Waals surface area contributed by atoms with Crippen LogP contribution in [-0.4, -0.2) is 36.2 Å². The van der Waals surface area contributed by atoms with E-state index in [2.05, 4.69) is 5.32 Å². The van der Waals surface area contributed by atoms with E-state index in [0.717, 1.165) is 12.8 Å². The maximum atomic E-state index is 11.9. The first-order valence-corrected chi connectivity index (χ1v) is 5.91. The van der Waals surface area contributed by atoms with Gasteiger partial charge in [-0.15, -0.1) is 0 Å². The van der Waals surface area contributed by atoms with E-state index in [0.29, 0.717) is 5.92 Å². The van der Waals surface area contributed by atoms with Gasteiger partial charge in [0.15, 0.2) is 0 Å². The van der Waals surface area contributed by atoms with Crippen LogP contribution in [0.25, 0.3) is 0 Å². The molecule has 17 heavy (non-hydrogen) atoms. The molecule has 2 N–H and O–H groups in total. The van der Waals surface area contributed by atoms with Crippen LogP contribution in [0.3, 0.4) is 0 Å². The molecule has 2 atom stereocenters. The molecule has 1 rings (SSSR count). The number of carbonyl (C=O) groups excluding carboxylic acids is 1. The molecule has 0 heterocycles.